The van der Waals surface area contributed by atoms with Crippen LogP contribution in [0, 0.1) is 0 Å². The zero-order valence-corrected chi connectivity index (χ0v) is 13.2. The number of nitrogens with zero attached hydrogens (tertiary/aromatic N) is 1. The lowest BCUT2D eigenvalue weighted by Gasteiger charge is -2.16. The highest BCUT2D eigenvalue weighted by Gasteiger charge is 2.30. The van der Waals surface area contributed by atoms with Crippen LogP contribution in [0.25, 0.3) is 0 Å². The average molecular weight is 319 g/mol. The Bertz CT molecular complexity index is 574. The first kappa shape index (κ1) is 17.0. The predicted octanol–water partition coefficient (Wildman–Crippen LogP) is 0.447. The molecule has 124 valence electrons. The van der Waals surface area contributed by atoms with E-state index in [0.29, 0.717) is 19.6 Å². The lowest BCUT2D eigenvalue weighted by atomic mass is 10.0. The van der Waals surface area contributed by atoms with Gasteiger partial charge in [-0.25, -0.2) is 0 Å². The van der Waals surface area contributed by atoms with E-state index in [0.717, 1.165) is 11.3 Å². The first-order valence-electron chi connectivity index (χ1n) is 7.47. The van der Waals surface area contributed by atoms with E-state index < -0.39 is 12.1 Å². The molecular weight excluding hydrogens is 298 g/mol. The number of oxime groups is 1. The van der Waals surface area contributed by atoms with Crippen LogP contribution in [-0.2, 0) is 19.2 Å². The van der Waals surface area contributed by atoms with Crippen molar-refractivity contribution in [1.29, 1.82) is 0 Å². The van der Waals surface area contributed by atoms with Gasteiger partial charge in [0.15, 0.2) is 0 Å². The first-order chi connectivity index (χ1) is 11.1. The summed E-state index contributed by atoms with van der Waals surface area (Å²) in [5, 5.41) is 9.26. The lowest BCUT2D eigenvalue weighted by molar-refractivity contribution is -0.135. The molecule has 0 aromatic heterocycles. The summed E-state index contributed by atoms with van der Waals surface area (Å²) in [4.78, 5) is 29.1. The van der Waals surface area contributed by atoms with Gasteiger partial charge in [0.2, 0.25) is 12.0 Å². The Morgan fingerprint density at radius 1 is 1.39 bits per heavy atom. The predicted molar refractivity (Wildman–Crippen MR) is 85.0 cm³/mol. The second-order valence-corrected chi connectivity index (χ2v) is 5.22. The standard InChI is InChI=1S/C16H21N3O4/c1-11(15(20)17-8-9-22-2)18-16(21)14-10-13(19-23-14)12-6-4-3-5-7-12/h3-7,11,14H,8-10H2,1-2H3,(H,17,20)(H,18,21)/t11-,14-/m0/s1. The molecule has 1 aliphatic rings. The van der Waals surface area contributed by atoms with E-state index in [4.69, 9.17) is 9.57 Å². The van der Waals surface area contributed by atoms with Gasteiger partial charge in [-0.2, -0.15) is 0 Å². The summed E-state index contributed by atoms with van der Waals surface area (Å²) in [6, 6.07) is 8.88. The fraction of sp³-hybridized carbons (Fsp3) is 0.438. The van der Waals surface area contributed by atoms with Gasteiger partial charge in [-0.1, -0.05) is 35.5 Å². The molecule has 2 rings (SSSR count). The summed E-state index contributed by atoms with van der Waals surface area (Å²) in [6.07, 6.45) is -0.326. The Kier molecular flexibility index (Phi) is 6.10. The molecule has 0 bridgehead atoms. The van der Waals surface area contributed by atoms with Crippen molar-refractivity contribution >= 4 is 17.5 Å². The fourth-order valence-electron chi connectivity index (χ4n) is 2.12. The molecule has 0 radical (unpaired) electrons. The van der Waals surface area contributed by atoms with Gasteiger partial charge in [-0.05, 0) is 12.5 Å². The monoisotopic (exact) mass is 319 g/mol. The van der Waals surface area contributed by atoms with Crippen molar-refractivity contribution in [2.45, 2.75) is 25.5 Å². The molecule has 0 aliphatic carbocycles. The summed E-state index contributed by atoms with van der Waals surface area (Å²) >= 11 is 0. The van der Waals surface area contributed by atoms with Crippen molar-refractivity contribution in [3.05, 3.63) is 35.9 Å². The topological polar surface area (TPSA) is 89.0 Å². The number of hydrogen-bond acceptors (Lipinski definition) is 5. The van der Waals surface area contributed by atoms with E-state index in [1.54, 1.807) is 14.0 Å². The number of hydrogen-bond donors (Lipinski definition) is 2. The van der Waals surface area contributed by atoms with Crippen molar-refractivity contribution < 1.29 is 19.2 Å². The maximum atomic E-state index is 12.2. The molecule has 2 N–H and O–H groups in total. The van der Waals surface area contributed by atoms with Crippen molar-refractivity contribution in [2.24, 2.45) is 5.16 Å². The fourth-order valence-corrected chi connectivity index (χ4v) is 2.12. The van der Waals surface area contributed by atoms with Crippen molar-refractivity contribution in [3.8, 4) is 0 Å². The van der Waals surface area contributed by atoms with E-state index >= 15 is 0 Å². The zero-order chi connectivity index (χ0) is 16.7. The van der Waals surface area contributed by atoms with E-state index in [1.807, 2.05) is 30.3 Å². The maximum Gasteiger partial charge on any atom is 0.264 e. The molecule has 0 spiro atoms. The Morgan fingerprint density at radius 3 is 2.83 bits per heavy atom. The molecule has 1 aromatic carbocycles. The number of carbonyl (C=O) groups excluding carboxylic acids is 2. The van der Waals surface area contributed by atoms with Crippen LogP contribution in [0.1, 0.15) is 18.9 Å². The van der Waals surface area contributed by atoms with Gasteiger partial charge in [0.25, 0.3) is 5.91 Å². The molecule has 23 heavy (non-hydrogen) atoms. The molecule has 0 saturated carbocycles. The largest absolute Gasteiger partial charge is 0.383 e. The highest BCUT2D eigenvalue weighted by atomic mass is 16.6. The number of benzene rings is 1. The SMILES string of the molecule is COCCNC(=O)[C@H](C)NC(=O)[C@@H]1CC(c2ccccc2)=NO1. The number of methoxy groups -OCH3 is 1. The van der Waals surface area contributed by atoms with Gasteiger partial charge in [0.05, 0.1) is 12.3 Å². The van der Waals surface area contributed by atoms with Crippen LogP contribution in [0.3, 0.4) is 0 Å². The van der Waals surface area contributed by atoms with Crippen LogP contribution in [0.15, 0.2) is 35.5 Å². The maximum absolute atomic E-state index is 12.2. The highest BCUT2D eigenvalue weighted by molar-refractivity contribution is 6.04. The van der Waals surface area contributed by atoms with Gasteiger partial charge < -0.3 is 20.2 Å². The quantitative estimate of drug-likeness (QED) is 0.714. The summed E-state index contributed by atoms with van der Waals surface area (Å²) < 4.78 is 4.85. The minimum atomic E-state index is -0.709. The van der Waals surface area contributed by atoms with Crippen LogP contribution >= 0.6 is 0 Å². The molecule has 0 unspecified atom stereocenters. The third kappa shape index (κ3) is 4.79. The van der Waals surface area contributed by atoms with Gasteiger partial charge >= 0.3 is 0 Å². The molecule has 0 fully saturated rings. The summed E-state index contributed by atoms with van der Waals surface area (Å²) in [6.45, 7) is 2.44. The van der Waals surface area contributed by atoms with Crippen LogP contribution in [0.4, 0.5) is 0 Å². The Hall–Kier alpha value is -2.41. The minimum Gasteiger partial charge on any atom is -0.383 e. The molecule has 1 aliphatic heterocycles. The summed E-state index contributed by atoms with van der Waals surface area (Å²) in [5.41, 5.74) is 1.65. The summed E-state index contributed by atoms with van der Waals surface area (Å²) in [5.74, 6) is -0.619. The van der Waals surface area contributed by atoms with Gasteiger partial charge in [-0.3, -0.25) is 9.59 Å². The molecule has 2 atom stereocenters. The van der Waals surface area contributed by atoms with E-state index in [-0.39, 0.29) is 11.8 Å². The Labute approximate surface area is 135 Å². The molecule has 1 heterocycles. The minimum absolute atomic E-state index is 0.266. The smallest absolute Gasteiger partial charge is 0.264 e. The van der Waals surface area contributed by atoms with Crippen molar-refractivity contribution in [2.75, 3.05) is 20.3 Å². The lowest BCUT2D eigenvalue weighted by Crippen LogP contribution is -2.48. The van der Waals surface area contributed by atoms with Crippen molar-refractivity contribution in [1.82, 2.24) is 10.6 Å². The zero-order valence-electron chi connectivity index (χ0n) is 13.2. The number of ether oxygens (including phenoxy) is 1. The number of rotatable bonds is 7. The third-order valence-corrected chi connectivity index (χ3v) is 3.43. The molecule has 7 nitrogen and oxygen atoms in total. The van der Waals surface area contributed by atoms with E-state index in [2.05, 4.69) is 15.8 Å². The molecule has 1 aromatic rings. The number of nitrogens with one attached hydrogen (secondary N) is 2. The number of amides is 2. The van der Waals surface area contributed by atoms with E-state index in [9.17, 15) is 9.59 Å². The third-order valence-electron chi connectivity index (χ3n) is 3.43. The van der Waals surface area contributed by atoms with E-state index in [1.165, 1.54) is 0 Å². The molecule has 2 amide bonds. The average Bonchev–Trinajstić information content (AvgIpc) is 3.06. The van der Waals surface area contributed by atoms with Crippen molar-refractivity contribution in [3.63, 3.8) is 0 Å². The highest BCUT2D eigenvalue weighted by Crippen LogP contribution is 2.16. The van der Waals surface area contributed by atoms with Crippen LogP contribution in [0.2, 0.25) is 0 Å². The van der Waals surface area contributed by atoms with Crippen LogP contribution < -0.4 is 10.6 Å². The Balaban J connectivity index is 1.80. The number of carbonyl (C=O) groups is 2. The van der Waals surface area contributed by atoms with Gasteiger partial charge in [0.1, 0.15) is 6.04 Å². The van der Waals surface area contributed by atoms with Gasteiger partial charge in [0, 0.05) is 20.1 Å². The normalized spacial score (nSPS) is 17.8. The second-order valence-electron chi connectivity index (χ2n) is 5.22. The molecule has 0 saturated heterocycles. The first-order valence-corrected chi connectivity index (χ1v) is 7.47. The summed E-state index contributed by atoms with van der Waals surface area (Å²) in [7, 11) is 1.55. The molecular formula is C16H21N3O4. The second kappa shape index (κ2) is 8.28. The van der Waals surface area contributed by atoms with Crippen LogP contribution in [0.5, 0.6) is 0 Å². The Morgan fingerprint density at radius 2 is 2.13 bits per heavy atom. The van der Waals surface area contributed by atoms with Gasteiger partial charge in [-0.15, -0.1) is 0 Å². The molecule has 7 heteroatoms. The van der Waals surface area contributed by atoms with Crippen LogP contribution in [-0.4, -0.2) is 49.9 Å².